The topological polar surface area (TPSA) is 47.8 Å². The Morgan fingerprint density at radius 3 is 3.08 bits per heavy atom. The summed E-state index contributed by atoms with van der Waals surface area (Å²) in [6.07, 6.45) is 4.78. The summed E-state index contributed by atoms with van der Waals surface area (Å²) in [5.74, 6) is 0. The lowest BCUT2D eigenvalue weighted by Gasteiger charge is -1.99. The third-order valence-electron chi connectivity index (χ3n) is 1.60. The van der Waals surface area contributed by atoms with Crippen LogP contribution in [0.5, 0.6) is 0 Å². The minimum absolute atomic E-state index is 0.0385. The Bertz CT molecular complexity index is 435. The number of rotatable bonds is 2. The maximum absolute atomic E-state index is 11.3. The molecule has 2 heterocycles. The molecule has 5 heteroatoms. The van der Waals surface area contributed by atoms with Crippen LogP contribution in [0, 0.1) is 0 Å². The average Bonchev–Trinajstić information content (AvgIpc) is 2.61. The Morgan fingerprint density at radius 2 is 2.38 bits per heavy atom. The fraction of sp³-hybridized carbons (Fsp3) is 0.125. The number of aromatic nitrogens is 3. The normalized spacial score (nSPS) is 10.2. The molecule has 13 heavy (non-hydrogen) atoms. The molecule has 0 amide bonds. The summed E-state index contributed by atoms with van der Waals surface area (Å²) in [7, 11) is 0. The van der Waals surface area contributed by atoms with Crippen molar-refractivity contribution in [1.29, 1.82) is 0 Å². The van der Waals surface area contributed by atoms with Crippen molar-refractivity contribution >= 4 is 11.3 Å². The fourth-order valence-corrected chi connectivity index (χ4v) is 1.58. The molecule has 0 radical (unpaired) electrons. The van der Waals surface area contributed by atoms with Gasteiger partial charge < -0.3 is 0 Å². The molecule has 0 aromatic carbocycles. The number of hydrogen-bond donors (Lipinski definition) is 0. The molecule has 2 aromatic heterocycles. The lowest BCUT2D eigenvalue weighted by Crippen LogP contribution is -2.18. The van der Waals surface area contributed by atoms with E-state index in [1.165, 1.54) is 29.9 Å². The second-order valence-electron chi connectivity index (χ2n) is 2.51. The summed E-state index contributed by atoms with van der Waals surface area (Å²) in [4.78, 5) is 20.1. The van der Waals surface area contributed by atoms with Crippen molar-refractivity contribution in [3.63, 3.8) is 0 Å². The molecule has 0 saturated carbocycles. The standard InChI is InChI=1S/C8H7N3OS/c12-8-1-2-9-5-11(8)4-7-3-10-6-13-7/h1-3,5-6H,4H2. The first-order valence-corrected chi connectivity index (χ1v) is 4.62. The smallest absolute Gasteiger partial charge is 0.253 e. The summed E-state index contributed by atoms with van der Waals surface area (Å²) >= 11 is 1.53. The fourth-order valence-electron chi connectivity index (χ4n) is 0.985. The van der Waals surface area contributed by atoms with E-state index < -0.39 is 0 Å². The molecule has 0 spiro atoms. The molecule has 2 rings (SSSR count). The predicted octanol–water partition coefficient (Wildman–Crippen LogP) is 0.748. The molecule has 0 unspecified atom stereocenters. The van der Waals surface area contributed by atoms with Gasteiger partial charge in [-0.1, -0.05) is 0 Å². The van der Waals surface area contributed by atoms with Crippen molar-refractivity contribution in [2.75, 3.05) is 0 Å². The van der Waals surface area contributed by atoms with Crippen LogP contribution < -0.4 is 5.56 Å². The number of hydrogen-bond acceptors (Lipinski definition) is 4. The maximum Gasteiger partial charge on any atom is 0.253 e. The molecule has 4 nitrogen and oxygen atoms in total. The van der Waals surface area contributed by atoms with Crippen LogP contribution in [-0.2, 0) is 6.54 Å². The van der Waals surface area contributed by atoms with E-state index >= 15 is 0 Å². The van der Waals surface area contributed by atoms with Gasteiger partial charge in [-0.25, -0.2) is 4.98 Å². The lowest BCUT2D eigenvalue weighted by atomic mass is 10.5. The largest absolute Gasteiger partial charge is 0.294 e. The Labute approximate surface area is 78.5 Å². The molecule has 0 bridgehead atoms. The third kappa shape index (κ3) is 1.81. The van der Waals surface area contributed by atoms with Crippen molar-refractivity contribution in [1.82, 2.24) is 14.5 Å². The highest BCUT2D eigenvalue weighted by Crippen LogP contribution is 2.05. The first-order valence-electron chi connectivity index (χ1n) is 3.74. The van der Waals surface area contributed by atoms with Gasteiger partial charge in [-0.3, -0.25) is 14.3 Å². The Kier molecular flexibility index (Phi) is 2.18. The van der Waals surface area contributed by atoms with E-state index in [0.29, 0.717) is 6.54 Å². The van der Waals surface area contributed by atoms with Crippen molar-refractivity contribution in [2.45, 2.75) is 6.54 Å². The lowest BCUT2D eigenvalue weighted by molar-refractivity contribution is 0.744. The molecular formula is C8H7N3OS. The van der Waals surface area contributed by atoms with E-state index in [2.05, 4.69) is 9.97 Å². The van der Waals surface area contributed by atoms with E-state index in [-0.39, 0.29) is 5.56 Å². The summed E-state index contributed by atoms with van der Waals surface area (Å²) in [6, 6.07) is 1.45. The minimum atomic E-state index is -0.0385. The van der Waals surface area contributed by atoms with Crippen molar-refractivity contribution in [3.05, 3.63) is 45.5 Å². The molecule has 0 aliphatic carbocycles. The highest BCUT2D eigenvalue weighted by molar-refractivity contribution is 7.09. The van der Waals surface area contributed by atoms with Gasteiger partial charge in [-0.2, -0.15) is 0 Å². The quantitative estimate of drug-likeness (QED) is 0.707. The summed E-state index contributed by atoms with van der Waals surface area (Å²) in [5.41, 5.74) is 1.71. The van der Waals surface area contributed by atoms with Gasteiger partial charge in [-0.15, -0.1) is 11.3 Å². The summed E-state index contributed by atoms with van der Waals surface area (Å²) in [6.45, 7) is 0.553. The van der Waals surface area contributed by atoms with Gasteiger partial charge in [0.25, 0.3) is 5.56 Å². The second-order valence-corrected chi connectivity index (χ2v) is 3.49. The van der Waals surface area contributed by atoms with Crippen molar-refractivity contribution in [2.24, 2.45) is 0 Å². The van der Waals surface area contributed by atoms with Gasteiger partial charge in [0.15, 0.2) is 0 Å². The monoisotopic (exact) mass is 193 g/mol. The summed E-state index contributed by atoms with van der Waals surface area (Å²) in [5, 5.41) is 0. The van der Waals surface area contributed by atoms with E-state index in [9.17, 15) is 4.79 Å². The Balaban J connectivity index is 2.29. The van der Waals surface area contributed by atoms with Crippen LogP contribution in [0.2, 0.25) is 0 Å². The zero-order valence-corrected chi connectivity index (χ0v) is 7.57. The van der Waals surface area contributed by atoms with Gasteiger partial charge in [-0.05, 0) is 0 Å². The number of nitrogens with zero attached hydrogens (tertiary/aromatic N) is 3. The van der Waals surface area contributed by atoms with Gasteiger partial charge >= 0.3 is 0 Å². The SMILES string of the molecule is O=c1ccncn1Cc1cncs1. The predicted molar refractivity (Wildman–Crippen MR) is 49.7 cm³/mol. The zero-order valence-electron chi connectivity index (χ0n) is 6.75. The van der Waals surface area contributed by atoms with Gasteiger partial charge in [0.2, 0.25) is 0 Å². The molecular weight excluding hydrogens is 186 g/mol. The van der Waals surface area contributed by atoms with Crippen LogP contribution in [0.4, 0.5) is 0 Å². The van der Waals surface area contributed by atoms with Crippen LogP contribution in [0.25, 0.3) is 0 Å². The molecule has 0 atom stereocenters. The van der Waals surface area contributed by atoms with Crippen molar-refractivity contribution in [3.8, 4) is 0 Å². The Morgan fingerprint density at radius 1 is 1.46 bits per heavy atom. The van der Waals surface area contributed by atoms with E-state index in [1.54, 1.807) is 16.3 Å². The molecule has 0 fully saturated rings. The third-order valence-corrected chi connectivity index (χ3v) is 2.37. The molecule has 2 aromatic rings. The average molecular weight is 193 g/mol. The van der Waals surface area contributed by atoms with Crippen LogP contribution in [0.1, 0.15) is 4.88 Å². The molecule has 0 aliphatic heterocycles. The summed E-state index contributed by atoms with van der Waals surface area (Å²) < 4.78 is 1.55. The van der Waals surface area contributed by atoms with E-state index in [4.69, 9.17) is 0 Å². The van der Waals surface area contributed by atoms with Crippen molar-refractivity contribution < 1.29 is 0 Å². The van der Waals surface area contributed by atoms with Crippen LogP contribution in [0.15, 0.2) is 35.1 Å². The highest BCUT2D eigenvalue weighted by atomic mass is 32.1. The van der Waals surface area contributed by atoms with E-state index in [0.717, 1.165) is 4.88 Å². The maximum atomic E-state index is 11.3. The van der Waals surface area contributed by atoms with Gasteiger partial charge in [0.1, 0.15) is 0 Å². The number of thiazole rings is 1. The second kappa shape index (κ2) is 3.49. The molecule has 0 aliphatic rings. The first kappa shape index (κ1) is 8.12. The van der Waals surface area contributed by atoms with Gasteiger partial charge in [0, 0.05) is 23.3 Å². The molecule has 66 valence electrons. The van der Waals surface area contributed by atoms with Crippen LogP contribution >= 0.6 is 11.3 Å². The van der Waals surface area contributed by atoms with Gasteiger partial charge in [0.05, 0.1) is 18.4 Å². The Hall–Kier alpha value is -1.49. The van der Waals surface area contributed by atoms with Crippen LogP contribution in [-0.4, -0.2) is 14.5 Å². The minimum Gasteiger partial charge on any atom is -0.294 e. The van der Waals surface area contributed by atoms with E-state index in [1.807, 2.05) is 0 Å². The first-order chi connectivity index (χ1) is 6.36. The zero-order chi connectivity index (χ0) is 9.10. The van der Waals surface area contributed by atoms with Crippen LogP contribution in [0.3, 0.4) is 0 Å². The highest BCUT2D eigenvalue weighted by Gasteiger charge is 1.97. The molecule has 0 N–H and O–H groups in total. The molecule has 0 saturated heterocycles.